The number of hydrogen-bond donors (Lipinski definition) is 11. The van der Waals surface area contributed by atoms with Crippen LogP contribution in [0.4, 0.5) is 0 Å². The molecule has 19 nitrogen and oxygen atoms in total. The lowest BCUT2D eigenvalue weighted by atomic mass is 9.94. The van der Waals surface area contributed by atoms with Crippen molar-refractivity contribution >= 4 is 17.8 Å². The topological polar surface area (TPSA) is 303 Å². The second-order valence-electron chi connectivity index (χ2n) is 9.84. The molecule has 3 saturated heterocycles. The third-order valence-electron chi connectivity index (χ3n) is 6.83. The van der Waals surface area contributed by atoms with E-state index in [-0.39, 0.29) is 0 Å². The van der Waals surface area contributed by atoms with Gasteiger partial charge in [0.15, 0.2) is 24.9 Å². The van der Waals surface area contributed by atoms with E-state index in [1.54, 1.807) is 0 Å². The summed E-state index contributed by atoms with van der Waals surface area (Å²) in [4.78, 5) is 34.7. The van der Waals surface area contributed by atoms with Crippen molar-refractivity contribution in [3.8, 4) is 0 Å². The molecule has 19 heteroatoms. The number of aliphatic hydroxyl groups is 8. The van der Waals surface area contributed by atoms with E-state index in [9.17, 15) is 60.3 Å². The Labute approximate surface area is 232 Å². The smallest absolute Gasteiger partial charge is 0.335 e. The van der Waals surface area contributed by atoms with Crippen molar-refractivity contribution in [3.63, 3.8) is 0 Å². The Morgan fingerprint density at radius 1 is 0.659 bits per heavy atom. The highest BCUT2D eigenvalue weighted by atomic mass is 16.7. The zero-order valence-corrected chi connectivity index (χ0v) is 21.9. The molecule has 0 aromatic carbocycles. The lowest BCUT2D eigenvalue weighted by molar-refractivity contribution is -0.365. The average Bonchev–Trinajstić information content (AvgIpc) is 2.90. The van der Waals surface area contributed by atoms with Gasteiger partial charge in [-0.05, 0) is 0 Å². The third kappa shape index (κ3) is 7.28. The van der Waals surface area contributed by atoms with Crippen LogP contribution < -0.4 is 10.6 Å². The van der Waals surface area contributed by atoms with Crippen LogP contribution in [0.15, 0.2) is 0 Å². The van der Waals surface area contributed by atoms with Crippen molar-refractivity contribution in [1.82, 2.24) is 10.6 Å². The Bertz CT molecular complexity index is 925. The van der Waals surface area contributed by atoms with E-state index in [4.69, 9.17) is 23.7 Å². The van der Waals surface area contributed by atoms with E-state index >= 15 is 0 Å². The van der Waals surface area contributed by atoms with Gasteiger partial charge < -0.3 is 80.3 Å². The lowest BCUT2D eigenvalue weighted by Crippen LogP contribution is -2.69. The number of carboxylic acids is 1. The monoisotopic (exact) mass is 600 g/mol. The largest absolute Gasteiger partial charge is 0.479 e. The van der Waals surface area contributed by atoms with Crippen molar-refractivity contribution in [1.29, 1.82) is 0 Å². The number of carboxylic acid groups (broad SMARTS) is 1. The summed E-state index contributed by atoms with van der Waals surface area (Å²) in [5, 5.41) is 96.8. The predicted molar refractivity (Wildman–Crippen MR) is 125 cm³/mol. The summed E-state index contributed by atoms with van der Waals surface area (Å²) in [6.07, 6.45) is -25.0. The molecule has 236 valence electrons. The Kier molecular flexibility index (Phi) is 11.3. The Morgan fingerprint density at radius 3 is 1.78 bits per heavy atom. The molecule has 0 aliphatic carbocycles. The van der Waals surface area contributed by atoms with E-state index in [2.05, 4.69) is 10.6 Å². The van der Waals surface area contributed by atoms with Gasteiger partial charge in [0.2, 0.25) is 11.8 Å². The van der Waals surface area contributed by atoms with Crippen molar-refractivity contribution < 1.29 is 84.0 Å². The number of ether oxygens (including phenoxy) is 5. The lowest BCUT2D eigenvalue weighted by Gasteiger charge is -2.48. The molecule has 3 heterocycles. The summed E-state index contributed by atoms with van der Waals surface area (Å²) in [6.45, 7) is 0.484. The molecule has 3 aliphatic heterocycles. The highest BCUT2D eigenvalue weighted by Gasteiger charge is 2.54. The maximum absolute atomic E-state index is 11.7. The normalized spacial score (nSPS) is 45.1. The van der Waals surface area contributed by atoms with E-state index in [1.165, 1.54) is 0 Å². The molecule has 0 radical (unpaired) electrons. The van der Waals surface area contributed by atoms with Crippen molar-refractivity contribution in [2.45, 2.75) is 106 Å². The molecular formula is C22H36N2O17. The molecule has 0 saturated carbocycles. The van der Waals surface area contributed by atoms with Gasteiger partial charge in [0.05, 0.1) is 13.2 Å². The first-order valence-electron chi connectivity index (χ1n) is 12.6. The molecule has 3 fully saturated rings. The minimum atomic E-state index is -2.05. The first-order chi connectivity index (χ1) is 19.2. The van der Waals surface area contributed by atoms with Crippen LogP contribution in [0, 0.1) is 0 Å². The number of carbonyl (C=O) groups is 3. The van der Waals surface area contributed by atoms with Crippen LogP contribution in [-0.4, -0.2) is 169 Å². The predicted octanol–water partition coefficient (Wildman–Crippen LogP) is -7.19. The fourth-order valence-corrected chi connectivity index (χ4v) is 4.78. The molecule has 0 unspecified atom stereocenters. The molecule has 0 aromatic heterocycles. The molecular weight excluding hydrogens is 564 g/mol. The fraction of sp³-hybridized carbons (Fsp3) is 0.864. The molecule has 41 heavy (non-hydrogen) atoms. The quantitative estimate of drug-likeness (QED) is 0.117. The van der Waals surface area contributed by atoms with Gasteiger partial charge in [0, 0.05) is 13.8 Å². The molecule has 15 atom stereocenters. The van der Waals surface area contributed by atoms with Gasteiger partial charge in [-0.25, -0.2) is 4.79 Å². The van der Waals surface area contributed by atoms with E-state index in [1.807, 2.05) is 0 Å². The zero-order valence-electron chi connectivity index (χ0n) is 21.9. The average molecular weight is 601 g/mol. The van der Waals surface area contributed by atoms with Crippen LogP contribution in [-0.2, 0) is 38.1 Å². The summed E-state index contributed by atoms with van der Waals surface area (Å²) in [5.74, 6) is -3.06. The van der Waals surface area contributed by atoms with Crippen LogP contribution in [0.5, 0.6) is 0 Å². The SMILES string of the molecule is CC(=O)N[C@H]1[C@H](O[C@H]2[C@@H](O)[C@@H](CO)O[C@@H](O[C@H]3[C@H](O)[C@@H](O)[C@@H](NC(C)=O)O[C@@H]3CO)[C@@H]2O)O[C@H](C(=O)O)[C@H](O)[C@@H]1O. The summed E-state index contributed by atoms with van der Waals surface area (Å²) in [7, 11) is 0. The molecule has 11 N–H and O–H groups in total. The van der Waals surface area contributed by atoms with Crippen LogP contribution in [0.3, 0.4) is 0 Å². The Balaban J connectivity index is 1.85. The molecule has 2 amide bonds. The molecule has 0 spiro atoms. The summed E-state index contributed by atoms with van der Waals surface area (Å²) in [6, 6.07) is -1.60. The van der Waals surface area contributed by atoms with Gasteiger partial charge in [0.25, 0.3) is 0 Å². The standard InChI is InChI=1S/C22H36N2O17/c1-5(27)23-9-11(30)12(31)18(20(35)36)41-21(9)40-17-10(29)7(3-25)38-22(15(17)34)39-16-8(4-26)37-19(24-6(2)28)14(33)13(16)32/h7-19,21-22,25-26,29-34H,3-4H2,1-2H3,(H,23,27)(H,24,28)(H,35,36)/t7-,8-,9-,10+,11-,12-,13-,14-,15-,16-,17+,18+,19+,21-,22+/m1/s1. The van der Waals surface area contributed by atoms with E-state index in [0.717, 1.165) is 13.8 Å². The number of rotatable bonds is 9. The maximum Gasteiger partial charge on any atom is 0.335 e. The molecule has 3 aliphatic rings. The van der Waals surface area contributed by atoms with Crippen LogP contribution in [0.2, 0.25) is 0 Å². The van der Waals surface area contributed by atoms with Gasteiger partial charge in [-0.3, -0.25) is 9.59 Å². The summed E-state index contributed by atoms with van der Waals surface area (Å²) < 4.78 is 27.2. The summed E-state index contributed by atoms with van der Waals surface area (Å²) >= 11 is 0. The molecule has 0 aromatic rings. The summed E-state index contributed by atoms with van der Waals surface area (Å²) in [5.41, 5.74) is 0. The van der Waals surface area contributed by atoms with Gasteiger partial charge >= 0.3 is 5.97 Å². The van der Waals surface area contributed by atoms with Gasteiger partial charge in [0.1, 0.15) is 67.1 Å². The molecule has 0 bridgehead atoms. The third-order valence-corrected chi connectivity index (χ3v) is 6.83. The zero-order chi connectivity index (χ0) is 30.8. The van der Waals surface area contributed by atoms with Crippen molar-refractivity contribution in [2.24, 2.45) is 0 Å². The minimum absolute atomic E-state index is 0.617. The second kappa shape index (κ2) is 13.9. The number of carbonyl (C=O) groups excluding carboxylic acids is 2. The Morgan fingerprint density at radius 2 is 1.24 bits per heavy atom. The van der Waals surface area contributed by atoms with Crippen molar-refractivity contribution in [3.05, 3.63) is 0 Å². The van der Waals surface area contributed by atoms with Crippen LogP contribution >= 0.6 is 0 Å². The number of nitrogens with one attached hydrogen (secondary N) is 2. The highest BCUT2D eigenvalue weighted by Crippen LogP contribution is 2.32. The number of aliphatic hydroxyl groups excluding tert-OH is 8. The minimum Gasteiger partial charge on any atom is -0.479 e. The van der Waals surface area contributed by atoms with E-state index in [0.29, 0.717) is 0 Å². The number of hydrogen-bond acceptors (Lipinski definition) is 16. The highest BCUT2D eigenvalue weighted by molar-refractivity contribution is 5.75. The van der Waals surface area contributed by atoms with Crippen LogP contribution in [0.25, 0.3) is 0 Å². The first-order valence-corrected chi connectivity index (χ1v) is 12.6. The maximum atomic E-state index is 11.7. The second-order valence-corrected chi connectivity index (χ2v) is 9.84. The first kappa shape index (κ1) is 33.4. The van der Waals surface area contributed by atoms with Crippen LogP contribution in [0.1, 0.15) is 13.8 Å². The van der Waals surface area contributed by atoms with Crippen molar-refractivity contribution in [2.75, 3.05) is 13.2 Å². The van der Waals surface area contributed by atoms with Gasteiger partial charge in [-0.2, -0.15) is 0 Å². The van der Waals surface area contributed by atoms with Gasteiger partial charge in [-0.1, -0.05) is 0 Å². The van der Waals surface area contributed by atoms with Gasteiger partial charge in [-0.15, -0.1) is 0 Å². The fourth-order valence-electron chi connectivity index (χ4n) is 4.78. The number of amides is 2. The molecule has 3 rings (SSSR count). The number of aliphatic carboxylic acids is 1. The Hall–Kier alpha value is -2.11. The van der Waals surface area contributed by atoms with E-state index < -0.39 is 123 Å².